The Bertz CT molecular complexity index is 1350. The second-order valence-corrected chi connectivity index (χ2v) is 122. The molecule has 0 aliphatic heterocycles. The van der Waals surface area contributed by atoms with Gasteiger partial charge in [0.1, 0.15) is 11.4 Å². The number of rotatable bonds is 6. The molecule has 0 saturated heterocycles. The van der Waals surface area contributed by atoms with Crippen LogP contribution < -0.4 is 18.9 Å². The molecular formula is C22H16BBrCl2I7O8-. The van der Waals surface area contributed by atoms with Crippen LogP contribution in [0.25, 0.3) is 11.3 Å². The maximum atomic E-state index is 10.8. The molecule has 2 aromatic heterocycles. The molecular weight excluding hydrogens is 1440 g/mol. The molecule has 41 heavy (non-hydrogen) atoms. The Hall–Kier alpha value is 2.09. The van der Waals surface area contributed by atoms with E-state index in [-0.39, 0.29) is 32.6 Å². The van der Waals surface area contributed by atoms with Crippen molar-refractivity contribution in [1.29, 1.82) is 0 Å². The summed E-state index contributed by atoms with van der Waals surface area (Å²) in [5, 5.41) is 34.9. The maximum absolute atomic E-state index is 10.8. The normalized spacial score (nSPS) is 10.6. The molecule has 2 aromatic carbocycles. The summed E-state index contributed by atoms with van der Waals surface area (Å²) < 4.78 is 10.4. The number of furan rings is 2. The second-order valence-electron chi connectivity index (χ2n) is 6.74. The van der Waals surface area contributed by atoms with Crippen molar-refractivity contribution >= 4 is 154 Å². The standard InChI is InChI=1S/C11H7ClO3.C7H4BrClO2.C4H5BO3.I7/c12-9-5-7(10-2-1-3-15-10)4-8(6-9)11(13)14;8-5-1-4(7(10)11)2-6(9)3-5;6-5(7)4-2-1-3-8-4;1-5-7(4)6(2)3/h1-6H,(H,13,14);1-3H,(H,10,11);1-3,6-7H;/q;;;-1. The molecule has 0 aliphatic carbocycles. The third-order valence-corrected chi connectivity index (χ3v) is 253. The van der Waals surface area contributed by atoms with Crippen LogP contribution in [0.4, 0.5) is 0 Å². The maximum Gasteiger partial charge on any atom is 0.526 e. The van der Waals surface area contributed by atoms with E-state index < -0.39 is 19.1 Å². The van der Waals surface area contributed by atoms with E-state index in [9.17, 15) is 9.59 Å². The van der Waals surface area contributed by atoms with Crippen LogP contribution in [0, 0.1) is 0 Å². The monoisotopic (exact) mass is 1460 g/mol. The molecule has 2 heterocycles. The van der Waals surface area contributed by atoms with E-state index in [2.05, 4.69) is 94.8 Å². The number of hydrogen-bond donors (Lipinski definition) is 4. The summed E-state index contributed by atoms with van der Waals surface area (Å²) in [4.78, 5) is 21.2. The molecule has 4 N–H and O–H groups in total. The molecule has 0 unspecified atom stereocenters. The molecule has 4 aromatic rings. The van der Waals surface area contributed by atoms with Gasteiger partial charge in [-0.3, -0.25) is 0 Å². The van der Waals surface area contributed by atoms with Crippen LogP contribution in [0.5, 0.6) is 0 Å². The van der Waals surface area contributed by atoms with E-state index in [1.807, 2.05) is 0 Å². The minimum absolute atomic E-state index is 0.147. The van der Waals surface area contributed by atoms with Gasteiger partial charge < -0.3 is 29.1 Å². The topological polar surface area (TPSA) is 141 Å². The molecule has 0 spiro atoms. The van der Waals surface area contributed by atoms with E-state index in [0.29, 0.717) is 39.1 Å². The zero-order chi connectivity index (χ0) is 31.1. The molecule has 0 fully saturated rings. The minimum Gasteiger partial charge on any atom is -0.478 e. The summed E-state index contributed by atoms with van der Waals surface area (Å²) >= 11 is 26.0. The van der Waals surface area contributed by atoms with Crippen LogP contribution in [-0.2, 0) is 0 Å². The molecule has 8 nitrogen and oxygen atoms in total. The van der Waals surface area contributed by atoms with Crippen LogP contribution in [0.15, 0.2) is 86.5 Å². The first kappa shape index (κ1) is 41.1. The Balaban J connectivity index is 0.000000287. The summed E-state index contributed by atoms with van der Waals surface area (Å²) in [6.45, 7) is 0. The SMILES string of the molecule is I[I-]I(I)I(I)I.O=C(O)c1cc(Cl)cc(-c2ccco2)c1.O=C(O)c1cc(Cl)cc(Br)c1.OB(O)c1ccco1. The van der Waals surface area contributed by atoms with Gasteiger partial charge in [0.15, 0.2) is 0 Å². The average molecular weight is 1460 g/mol. The van der Waals surface area contributed by atoms with Crippen LogP contribution in [-0.4, -0.2) is 39.3 Å². The Morgan fingerprint density at radius 1 is 0.854 bits per heavy atom. The molecule has 0 bridgehead atoms. The molecule has 0 aliphatic rings. The van der Waals surface area contributed by atoms with Crippen LogP contribution in [0.1, 0.15) is 20.7 Å². The third kappa shape index (κ3) is 17.6. The van der Waals surface area contributed by atoms with Crippen molar-refractivity contribution in [3.63, 3.8) is 0 Å². The van der Waals surface area contributed by atoms with E-state index in [1.54, 1.807) is 30.3 Å². The second kappa shape index (κ2) is 22.6. The fourth-order valence-electron chi connectivity index (χ4n) is 2.43. The molecule has 0 saturated carbocycles. The predicted octanol–water partition coefficient (Wildman–Crippen LogP) is 7.38. The number of halogens is 10. The zero-order valence-corrected chi connectivity index (χ0v) is 37.9. The Labute approximate surface area is 309 Å². The molecule has 4 rings (SSSR count). The fourth-order valence-corrected chi connectivity index (χ4v) is 213. The molecule has 0 radical (unpaired) electrons. The summed E-state index contributed by atoms with van der Waals surface area (Å²) in [6.07, 6.45) is 2.91. The van der Waals surface area contributed by atoms with Gasteiger partial charge in [-0.1, -0.05) is 39.1 Å². The van der Waals surface area contributed by atoms with Gasteiger partial charge in [0.2, 0.25) is 0 Å². The van der Waals surface area contributed by atoms with E-state index in [4.69, 9.17) is 47.9 Å². The smallest absolute Gasteiger partial charge is 0.478 e. The first-order valence-corrected chi connectivity index (χ1v) is 49.4. The first-order chi connectivity index (χ1) is 19.2. The van der Waals surface area contributed by atoms with Crippen molar-refractivity contribution in [3.8, 4) is 11.3 Å². The van der Waals surface area contributed by atoms with Gasteiger partial charge in [0.25, 0.3) is 0 Å². The van der Waals surface area contributed by atoms with Gasteiger partial charge in [-0.05, 0) is 60.7 Å². The van der Waals surface area contributed by atoms with Crippen LogP contribution >= 0.6 is 129 Å². The Morgan fingerprint density at radius 2 is 1.39 bits per heavy atom. The molecule has 19 heteroatoms. The fraction of sp³-hybridized carbons (Fsp3) is 0. The number of benzene rings is 2. The van der Waals surface area contributed by atoms with Gasteiger partial charge >= 0.3 is 123 Å². The summed E-state index contributed by atoms with van der Waals surface area (Å²) in [5.41, 5.74) is 1.16. The van der Waals surface area contributed by atoms with E-state index in [0.717, 1.165) is 0 Å². The molecule has 0 amide bonds. The van der Waals surface area contributed by atoms with Crippen LogP contribution in [0.3, 0.4) is 0 Å². The molecule has 226 valence electrons. The first-order valence-electron chi connectivity index (χ1n) is 10.1. The zero-order valence-electron chi connectivity index (χ0n) is 19.7. The number of carboxylic acid groups (broad SMARTS) is 2. The van der Waals surface area contributed by atoms with Crippen molar-refractivity contribution in [2.45, 2.75) is 0 Å². The third-order valence-electron chi connectivity index (χ3n) is 3.98. The van der Waals surface area contributed by atoms with Crippen molar-refractivity contribution < 1.29 is 51.9 Å². The van der Waals surface area contributed by atoms with E-state index in [1.165, 1.54) is 42.9 Å². The molecule has 0 atom stereocenters. The number of carboxylic acids is 2. The van der Waals surface area contributed by atoms with Gasteiger partial charge in [0.05, 0.1) is 23.7 Å². The van der Waals surface area contributed by atoms with Crippen molar-refractivity contribution in [3.05, 3.63) is 98.8 Å². The van der Waals surface area contributed by atoms with Crippen molar-refractivity contribution in [2.75, 3.05) is 0 Å². The van der Waals surface area contributed by atoms with Crippen molar-refractivity contribution in [2.24, 2.45) is 0 Å². The van der Waals surface area contributed by atoms with Gasteiger partial charge in [-0.15, -0.1) is 0 Å². The van der Waals surface area contributed by atoms with E-state index >= 15 is 0 Å². The predicted molar refractivity (Wildman–Crippen MR) is 215 cm³/mol. The summed E-state index contributed by atoms with van der Waals surface area (Å²) in [6, 6.07) is 15.7. The Morgan fingerprint density at radius 3 is 1.76 bits per heavy atom. The van der Waals surface area contributed by atoms with Gasteiger partial charge in [-0.2, -0.15) is 0 Å². The number of hydrogen-bond acceptors (Lipinski definition) is 6. The van der Waals surface area contributed by atoms with Gasteiger partial charge in [-0.25, -0.2) is 9.59 Å². The number of aromatic carboxylic acids is 2. The largest absolute Gasteiger partial charge is 0.526 e. The van der Waals surface area contributed by atoms with Crippen molar-refractivity contribution in [1.82, 2.24) is 0 Å². The number of carbonyl (C=O) groups is 2. The summed E-state index contributed by atoms with van der Waals surface area (Å²) in [7, 11) is -1.97. The van der Waals surface area contributed by atoms with Crippen LogP contribution in [0.2, 0.25) is 10.0 Å². The summed E-state index contributed by atoms with van der Waals surface area (Å²) in [5.74, 6) is -1.39. The van der Waals surface area contributed by atoms with Gasteiger partial charge in [0, 0.05) is 20.1 Å². The Kier molecular flexibility index (Phi) is 22.7. The minimum atomic E-state index is -1.48. The quantitative estimate of drug-likeness (QED) is 0.116. The average Bonchev–Trinajstić information content (AvgIpc) is 3.63.